The molecular formula is C16H20N2O2. The summed E-state index contributed by atoms with van der Waals surface area (Å²) in [5.74, 6) is -0.0821. The lowest BCUT2D eigenvalue weighted by atomic mass is 9.92. The standard InChI is InChI=1S/C16H20N2O2/c17-10-9-12-5-1-2-6-13(12)11-16(20)18-14-7-3-4-8-15(14)19/h1-2,5-6,14-15,19H,3-4,7-9,11H2,(H,18,20). The molecule has 0 aromatic heterocycles. The Labute approximate surface area is 119 Å². The van der Waals surface area contributed by atoms with Gasteiger partial charge in [-0.05, 0) is 24.0 Å². The molecule has 20 heavy (non-hydrogen) atoms. The fourth-order valence-electron chi connectivity index (χ4n) is 2.70. The van der Waals surface area contributed by atoms with E-state index in [4.69, 9.17) is 5.26 Å². The zero-order valence-corrected chi connectivity index (χ0v) is 11.5. The van der Waals surface area contributed by atoms with Crippen LogP contribution in [0.2, 0.25) is 0 Å². The number of aliphatic hydroxyl groups is 1. The Balaban J connectivity index is 1.96. The summed E-state index contributed by atoms with van der Waals surface area (Å²) < 4.78 is 0. The zero-order valence-electron chi connectivity index (χ0n) is 11.5. The molecule has 1 saturated carbocycles. The van der Waals surface area contributed by atoms with Gasteiger partial charge in [0.25, 0.3) is 0 Å². The number of hydrogen-bond donors (Lipinski definition) is 2. The van der Waals surface area contributed by atoms with Crippen molar-refractivity contribution in [1.82, 2.24) is 5.32 Å². The number of nitrogens with one attached hydrogen (secondary N) is 1. The van der Waals surface area contributed by atoms with Crippen LogP contribution in [0.5, 0.6) is 0 Å². The van der Waals surface area contributed by atoms with Gasteiger partial charge in [0.1, 0.15) is 0 Å². The molecule has 1 aliphatic rings. The van der Waals surface area contributed by atoms with Crippen LogP contribution in [0.15, 0.2) is 24.3 Å². The Hall–Kier alpha value is -1.86. The van der Waals surface area contributed by atoms with E-state index in [0.29, 0.717) is 6.42 Å². The molecule has 0 radical (unpaired) electrons. The van der Waals surface area contributed by atoms with Gasteiger partial charge in [0.2, 0.25) is 5.91 Å². The van der Waals surface area contributed by atoms with E-state index in [9.17, 15) is 9.90 Å². The van der Waals surface area contributed by atoms with Gasteiger partial charge in [0.05, 0.1) is 31.1 Å². The minimum Gasteiger partial charge on any atom is -0.391 e. The highest BCUT2D eigenvalue weighted by atomic mass is 16.3. The third-order valence-electron chi connectivity index (χ3n) is 3.81. The third kappa shape index (κ3) is 3.82. The van der Waals surface area contributed by atoms with Gasteiger partial charge in [-0.1, -0.05) is 37.1 Å². The normalized spacial score (nSPS) is 22.0. The molecule has 2 unspecified atom stereocenters. The van der Waals surface area contributed by atoms with Gasteiger partial charge in [-0.15, -0.1) is 0 Å². The van der Waals surface area contributed by atoms with E-state index >= 15 is 0 Å². The molecule has 4 nitrogen and oxygen atoms in total. The number of nitrogens with zero attached hydrogens (tertiary/aromatic N) is 1. The highest BCUT2D eigenvalue weighted by Crippen LogP contribution is 2.18. The van der Waals surface area contributed by atoms with E-state index < -0.39 is 6.10 Å². The number of carbonyl (C=O) groups is 1. The van der Waals surface area contributed by atoms with Crippen molar-refractivity contribution in [2.45, 2.75) is 50.7 Å². The molecule has 0 saturated heterocycles. The van der Waals surface area contributed by atoms with Crippen molar-refractivity contribution in [3.63, 3.8) is 0 Å². The van der Waals surface area contributed by atoms with Crippen molar-refractivity contribution in [2.75, 3.05) is 0 Å². The van der Waals surface area contributed by atoms with Crippen LogP contribution in [0, 0.1) is 11.3 Å². The first-order valence-corrected chi connectivity index (χ1v) is 7.12. The molecule has 1 fully saturated rings. The van der Waals surface area contributed by atoms with Crippen molar-refractivity contribution in [3.05, 3.63) is 35.4 Å². The van der Waals surface area contributed by atoms with Gasteiger partial charge >= 0.3 is 0 Å². The second-order valence-corrected chi connectivity index (χ2v) is 5.31. The van der Waals surface area contributed by atoms with E-state index in [-0.39, 0.29) is 18.4 Å². The molecule has 0 aliphatic heterocycles. The van der Waals surface area contributed by atoms with E-state index in [0.717, 1.165) is 36.8 Å². The van der Waals surface area contributed by atoms with E-state index in [1.165, 1.54) is 0 Å². The van der Waals surface area contributed by atoms with Crippen molar-refractivity contribution >= 4 is 5.91 Å². The summed E-state index contributed by atoms with van der Waals surface area (Å²) in [6, 6.07) is 9.49. The van der Waals surface area contributed by atoms with E-state index in [1.807, 2.05) is 24.3 Å². The second kappa shape index (κ2) is 7.06. The molecule has 2 rings (SSSR count). The number of rotatable bonds is 4. The minimum absolute atomic E-state index is 0.0821. The average molecular weight is 272 g/mol. The quantitative estimate of drug-likeness (QED) is 0.876. The molecule has 1 amide bonds. The molecule has 2 atom stereocenters. The Bertz CT molecular complexity index is 507. The van der Waals surface area contributed by atoms with Crippen LogP contribution in [-0.4, -0.2) is 23.2 Å². The van der Waals surface area contributed by atoms with Crippen molar-refractivity contribution in [3.8, 4) is 6.07 Å². The van der Waals surface area contributed by atoms with Crippen LogP contribution in [0.1, 0.15) is 36.8 Å². The first kappa shape index (κ1) is 14.5. The highest BCUT2D eigenvalue weighted by molar-refractivity contribution is 5.79. The van der Waals surface area contributed by atoms with Gasteiger partial charge in [0.15, 0.2) is 0 Å². The van der Waals surface area contributed by atoms with Crippen molar-refractivity contribution in [2.24, 2.45) is 0 Å². The Kier molecular flexibility index (Phi) is 5.14. The maximum atomic E-state index is 12.1. The van der Waals surface area contributed by atoms with Crippen LogP contribution >= 0.6 is 0 Å². The van der Waals surface area contributed by atoms with Gasteiger partial charge in [-0.2, -0.15) is 5.26 Å². The molecule has 2 N–H and O–H groups in total. The number of nitriles is 1. The topological polar surface area (TPSA) is 73.1 Å². The largest absolute Gasteiger partial charge is 0.391 e. The summed E-state index contributed by atoms with van der Waals surface area (Å²) in [6.45, 7) is 0. The summed E-state index contributed by atoms with van der Waals surface area (Å²) in [5, 5.41) is 21.6. The first-order chi connectivity index (χ1) is 9.70. The van der Waals surface area contributed by atoms with Crippen LogP contribution < -0.4 is 5.32 Å². The molecule has 0 heterocycles. The predicted octanol–water partition coefficient (Wildman–Crippen LogP) is 1.71. The molecule has 1 aromatic rings. The SMILES string of the molecule is N#CCc1ccccc1CC(=O)NC1CCCCC1O. The lowest BCUT2D eigenvalue weighted by molar-refractivity contribution is -0.122. The molecule has 1 aliphatic carbocycles. The minimum atomic E-state index is -0.429. The molecule has 4 heteroatoms. The van der Waals surface area contributed by atoms with Gasteiger partial charge in [-0.3, -0.25) is 4.79 Å². The van der Waals surface area contributed by atoms with Gasteiger partial charge in [0, 0.05) is 0 Å². The molecule has 1 aromatic carbocycles. The summed E-state index contributed by atoms with van der Waals surface area (Å²) in [4.78, 5) is 12.1. The van der Waals surface area contributed by atoms with Crippen LogP contribution in [0.4, 0.5) is 0 Å². The zero-order chi connectivity index (χ0) is 14.4. The number of carbonyl (C=O) groups excluding carboxylic acids is 1. The maximum Gasteiger partial charge on any atom is 0.224 e. The van der Waals surface area contributed by atoms with Crippen molar-refractivity contribution < 1.29 is 9.90 Å². The average Bonchev–Trinajstić information content (AvgIpc) is 2.44. The van der Waals surface area contributed by atoms with Crippen LogP contribution in [0.25, 0.3) is 0 Å². The Morgan fingerprint density at radius 1 is 1.30 bits per heavy atom. The number of aliphatic hydroxyl groups excluding tert-OH is 1. The summed E-state index contributed by atoms with van der Waals surface area (Å²) in [7, 11) is 0. The van der Waals surface area contributed by atoms with Gasteiger partial charge in [-0.25, -0.2) is 0 Å². The molecule has 106 valence electrons. The Morgan fingerprint density at radius 3 is 2.70 bits per heavy atom. The lowest BCUT2D eigenvalue weighted by Crippen LogP contribution is -2.45. The van der Waals surface area contributed by atoms with Crippen LogP contribution in [-0.2, 0) is 17.6 Å². The summed E-state index contributed by atoms with van der Waals surface area (Å²) in [6.07, 6.45) is 3.83. The lowest BCUT2D eigenvalue weighted by Gasteiger charge is -2.28. The third-order valence-corrected chi connectivity index (χ3v) is 3.81. The fraction of sp³-hybridized carbons (Fsp3) is 0.500. The van der Waals surface area contributed by atoms with E-state index in [2.05, 4.69) is 11.4 Å². The molecule has 0 bridgehead atoms. The van der Waals surface area contributed by atoms with Gasteiger partial charge < -0.3 is 10.4 Å². The molecule has 0 spiro atoms. The predicted molar refractivity (Wildman–Crippen MR) is 75.9 cm³/mol. The monoisotopic (exact) mass is 272 g/mol. The van der Waals surface area contributed by atoms with Crippen molar-refractivity contribution in [1.29, 1.82) is 5.26 Å². The Morgan fingerprint density at radius 2 is 2.00 bits per heavy atom. The highest BCUT2D eigenvalue weighted by Gasteiger charge is 2.24. The van der Waals surface area contributed by atoms with E-state index in [1.54, 1.807) is 0 Å². The number of amides is 1. The first-order valence-electron chi connectivity index (χ1n) is 7.12. The summed E-state index contributed by atoms with van der Waals surface area (Å²) >= 11 is 0. The number of benzene rings is 1. The summed E-state index contributed by atoms with van der Waals surface area (Å²) in [5.41, 5.74) is 1.78. The van der Waals surface area contributed by atoms with Crippen LogP contribution in [0.3, 0.4) is 0 Å². The second-order valence-electron chi connectivity index (χ2n) is 5.31. The smallest absolute Gasteiger partial charge is 0.224 e. The maximum absolute atomic E-state index is 12.1. The number of hydrogen-bond acceptors (Lipinski definition) is 3. The molecular weight excluding hydrogens is 252 g/mol. The fourth-order valence-corrected chi connectivity index (χ4v) is 2.70.